The number of hydrogen-bond acceptors (Lipinski definition) is 0. The Bertz CT molecular complexity index is 422. The molecule has 0 saturated heterocycles. The predicted molar refractivity (Wildman–Crippen MR) is 92.9 cm³/mol. The van der Waals surface area contributed by atoms with E-state index < -0.39 is 0 Å². The summed E-state index contributed by atoms with van der Waals surface area (Å²) in [5.74, 6) is 0.886. The highest BCUT2D eigenvalue weighted by atomic mass is 14.2. The summed E-state index contributed by atoms with van der Waals surface area (Å²) < 4.78 is 0. The summed E-state index contributed by atoms with van der Waals surface area (Å²) in [6.07, 6.45) is 12.7. The van der Waals surface area contributed by atoms with Gasteiger partial charge in [-0.05, 0) is 24.8 Å². The van der Waals surface area contributed by atoms with Crippen molar-refractivity contribution in [3.8, 4) is 0 Å². The quantitative estimate of drug-likeness (QED) is 0.587. The molecule has 0 aromatic heterocycles. The van der Waals surface area contributed by atoms with E-state index in [0.717, 1.165) is 5.92 Å². The topological polar surface area (TPSA) is 0 Å². The van der Waals surface area contributed by atoms with Gasteiger partial charge in [0.1, 0.15) is 0 Å². The monoisotopic (exact) mass is 282 g/mol. The molecule has 1 aromatic rings. The van der Waals surface area contributed by atoms with Crippen LogP contribution < -0.4 is 0 Å². The highest BCUT2D eigenvalue weighted by Crippen LogP contribution is 2.24. The lowest BCUT2D eigenvalue weighted by molar-refractivity contribution is 0.425. The molecular weight excluding hydrogens is 252 g/mol. The maximum absolute atomic E-state index is 2.30. The fourth-order valence-corrected chi connectivity index (χ4v) is 3.28. The molecule has 0 unspecified atom stereocenters. The van der Waals surface area contributed by atoms with Crippen LogP contribution in [0, 0.1) is 12.8 Å². The maximum Gasteiger partial charge on any atom is -0.0250 e. The summed E-state index contributed by atoms with van der Waals surface area (Å²) in [6, 6.07) is 17.6. The lowest BCUT2D eigenvalue weighted by atomic mass is 9.90. The van der Waals surface area contributed by atoms with Crippen molar-refractivity contribution >= 4 is 0 Å². The van der Waals surface area contributed by atoms with E-state index in [1.807, 2.05) is 0 Å². The van der Waals surface area contributed by atoms with Crippen LogP contribution in [0.3, 0.4) is 0 Å². The largest absolute Gasteiger partial charge is 0.0620 e. The summed E-state index contributed by atoms with van der Waals surface area (Å²) in [6.45, 7) is 2.14. The summed E-state index contributed by atoms with van der Waals surface area (Å²) in [4.78, 5) is 0. The van der Waals surface area contributed by atoms with Crippen molar-refractivity contribution in [1.29, 1.82) is 0 Å². The van der Waals surface area contributed by atoms with Crippen LogP contribution in [-0.2, 0) is 6.42 Å². The van der Waals surface area contributed by atoms with Crippen LogP contribution in [0.15, 0.2) is 48.5 Å². The zero-order valence-corrected chi connectivity index (χ0v) is 13.6. The third-order valence-corrected chi connectivity index (χ3v) is 4.56. The molecule has 0 heteroatoms. The van der Waals surface area contributed by atoms with Gasteiger partial charge in [-0.2, -0.15) is 0 Å². The molecular formula is C21H30. The Balaban J connectivity index is 2.05. The minimum atomic E-state index is 0.886. The minimum Gasteiger partial charge on any atom is -0.0620 e. The summed E-state index contributed by atoms with van der Waals surface area (Å²) in [5.41, 5.74) is 2.78. The maximum atomic E-state index is 2.30. The number of rotatable bonds is 2. The Morgan fingerprint density at radius 1 is 0.714 bits per heavy atom. The number of aryl methyl sites for hydroxylation is 1. The molecule has 1 fully saturated rings. The molecule has 0 radical (unpaired) electrons. The molecule has 0 amide bonds. The zero-order valence-electron chi connectivity index (χ0n) is 13.6. The van der Waals surface area contributed by atoms with Crippen molar-refractivity contribution in [2.75, 3.05) is 0 Å². The molecule has 2 rings (SSSR count). The smallest absolute Gasteiger partial charge is 0.0250 e. The van der Waals surface area contributed by atoms with Crippen LogP contribution in [0.2, 0.25) is 0 Å². The minimum absolute atomic E-state index is 0.886. The van der Waals surface area contributed by atoms with Crippen LogP contribution in [0.25, 0.3) is 0 Å². The highest BCUT2D eigenvalue weighted by molar-refractivity contribution is 5.15. The van der Waals surface area contributed by atoms with Crippen LogP contribution in [0.1, 0.15) is 62.5 Å². The highest BCUT2D eigenvalue weighted by Gasteiger charge is 2.10. The molecule has 114 valence electrons. The summed E-state index contributed by atoms with van der Waals surface area (Å²) >= 11 is 0. The first-order valence-corrected chi connectivity index (χ1v) is 8.73. The van der Waals surface area contributed by atoms with E-state index in [-0.39, 0.29) is 0 Å². The van der Waals surface area contributed by atoms with E-state index >= 15 is 0 Å². The lowest BCUT2D eigenvalue weighted by Crippen LogP contribution is -2.04. The molecule has 21 heavy (non-hydrogen) atoms. The van der Waals surface area contributed by atoms with Gasteiger partial charge in [0.2, 0.25) is 0 Å². The van der Waals surface area contributed by atoms with E-state index in [4.69, 9.17) is 0 Å². The van der Waals surface area contributed by atoms with Gasteiger partial charge in [-0.25, -0.2) is 0 Å². The van der Waals surface area contributed by atoms with E-state index in [1.54, 1.807) is 0 Å². The molecule has 0 aliphatic heterocycles. The first-order chi connectivity index (χ1) is 10.3. The lowest BCUT2D eigenvalue weighted by Gasteiger charge is -2.15. The van der Waals surface area contributed by atoms with E-state index in [9.17, 15) is 0 Å². The molecule has 1 aliphatic rings. The van der Waals surface area contributed by atoms with Gasteiger partial charge in [0.25, 0.3) is 0 Å². The van der Waals surface area contributed by atoms with Crippen LogP contribution in [0.4, 0.5) is 0 Å². The predicted octanol–water partition coefficient (Wildman–Crippen LogP) is 6.41. The Kier molecular flexibility index (Phi) is 7.35. The van der Waals surface area contributed by atoms with E-state index in [2.05, 4.69) is 55.5 Å². The third kappa shape index (κ3) is 6.80. The molecule has 0 nitrogen and oxygen atoms in total. The summed E-state index contributed by atoms with van der Waals surface area (Å²) in [7, 11) is 0. The first-order valence-electron chi connectivity index (χ1n) is 8.73. The van der Waals surface area contributed by atoms with Gasteiger partial charge >= 0.3 is 0 Å². The standard InChI is InChI=1S/C21H30/c1-19-12-8-10-16-21(17-11-9-13-19)18-20-14-6-4-2-3-5-7-15-20/h8-13,16-17,20H,2-7,14-15,18H2,1H3. The van der Waals surface area contributed by atoms with Crippen LogP contribution in [0.5, 0.6) is 0 Å². The van der Waals surface area contributed by atoms with Gasteiger partial charge in [0.15, 0.2) is 0 Å². The molecule has 0 atom stereocenters. The molecule has 0 N–H and O–H groups in total. The first kappa shape index (κ1) is 16.1. The van der Waals surface area contributed by atoms with Crippen molar-refractivity contribution in [2.45, 2.75) is 64.7 Å². The average molecular weight is 282 g/mol. The second kappa shape index (κ2) is 9.60. The molecule has 1 saturated carbocycles. The molecule has 1 aromatic carbocycles. The SMILES string of the molecule is Cc1ccccc(CC2CCCCCCCC2)cccc1. The van der Waals surface area contributed by atoms with Gasteiger partial charge in [0, 0.05) is 0 Å². The van der Waals surface area contributed by atoms with Gasteiger partial charge in [0.05, 0.1) is 0 Å². The van der Waals surface area contributed by atoms with Gasteiger partial charge in [-0.1, -0.05) is 105 Å². The zero-order chi connectivity index (χ0) is 14.8. The van der Waals surface area contributed by atoms with E-state index in [1.165, 1.54) is 68.9 Å². The average Bonchev–Trinajstić information content (AvgIpc) is 2.61. The van der Waals surface area contributed by atoms with Crippen molar-refractivity contribution < 1.29 is 0 Å². The van der Waals surface area contributed by atoms with Gasteiger partial charge in [-0.3, -0.25) is 0 Å². The van der Waals surface area contributed by atoms with Crippen molar-refractivity contribution in [3.63, 3.8) is 0 Å². The Labute approximate surface area is 130 Å². The molecule has 1 aliphatic carbocycles. The second-order valence-electron chi connectivity index (χ2n) is 6.52. The van der Waals surface area contributed by atoms with E-state index in [0.29, 0.717) is 0 Å². The third-order valence-electron chi connectivity index (χ3n) is 4.56. The van der Waals surface area contributed by atoms with Gasteiger partial charge < -0.3 is 0 Å². The fourth-order valence-electron chi connectivity index (χ4n) is 3.28. The number of hydrogen-bond donors (Lipinski definition) is 0. The van der Waals surface area contributed by atoms with Crippen molar-refractivity contribution in [1.82, 2.24) is 0 Å². The normalized spacial score (nSPS) is 17.2. The second-order valence-corrected chi connectivity index (χ2v) is 6.52. The molecule has 0 heterocycles. The van der Waals surface area contributed by atoms with Crippen molar-refractivity contribution in [3.05, 3.63) is 59.7 Å². The molecule has 0 spiro atoms. The van der Waals surface area contributed by atoms with Gasteiger partial charge in [-0.15, -0.1) is 0 Å². The van der Waals surface area contributed by atoms with Crippen LogP contribution in [-0.4, -0.2) is 0 Å². The van der Waals surface area contributed by atoms with Crippen molar-refractivity contribution in [2.24, 2.45) is 5.92 Å². The fraction of sp³-hybridized carbons (Fsp3) is 0.524. The Hall–Kier alpha value is -1.30. The molecule has 0 bridgehead atoms. The summed E-state index contributed by atoms with van der Waals surface area (Å²) in [5, 5.41) is 0. The Morgan fingerprint density at radius 3 is 1.76 bits per heavy atom. The Morgan fingerprint density at radius 2 is 1.19 bits per heavy atom. The van der Waals surface area contributed by atoms with Crippen LogP contribution >= 0.6 is 0 Å².